The summed E-state index contributed by atoms with van der Waals surface area (Å²) in [4.78, 5) is 14.0. The number of ketones is 1. The van der Waals surface area contributed by atoms with Gasteiger partial charge in [-0.3, -0.25) is 4.79 Å². The first-order valence-electron chi connectivity index (χ1n) is 5.07. The van der Waals surface area contributed by atoms with Crippen LogP contribution < -0.4 is 5.73 Å². The number of nitrogen functional groups attached to an aromatic ring is 1. The molecule has 0 unspecified atom stereocenters. The molecule has 2 rings (SSSR count). The Bertz CT molecular complexity index is 497. The smallest absolute Gasteiger partial charge is 0.205 e. The van der Waals surface area contributed by atoms with E-state index in [1.54, 1.807) is 0 Å². The molecule has 0 saturated heterocycles. The lowest BCUT2D eigenvalue weighted by atomic mass is 10.1. The van der Waals surface area contributed by atoms with Crippen molar-refractivity contribution in [1.29, 1.82) is 0 Å². The van der Waals surface area contributed by atoms with E-state index in [1.165, 1.54) is 22.7 Å². The zero-order valence-electron chi connectivity index (χ0n) is 9.19. The Labute approximate surface area is 103 Å². The summed E-state index contributed by atoms with van der Waals surface area (Å²) in [5.74, 6) is 0.452. The summed E-state index contributed by atoms with van der Waals surface area (Å²) in [6.45, 7) is 4.20. The fraction of sp³-hybridized carbons (Fsp3) is 0.250. The van der Waals surface area contributed by atoms with Gasteiger partial charge in [-0.25, -0.2) is 0 Å². The molecule has 2 N–H and O–H groups in total. The van der Waals surface area contributed by atoms with Crippen molar-refractivity contribution in [2.24, 2.45) is 0 Å². The van der Waals surface area contributed by atoms with Gasteiger partial charge in [0.2, 0.25) is 5.78 Å². The molecule has 2 heterocycles. The van der Waals surface area contributed by atoms with E-state index in [0.717, 1.165) is 9.75 Å². The summed E-state index contributed by atoms with van der Waals surface area (Å²) < 4.78 is 0. The van der Waals surface area contributed by atoms with Gasteiger partial charge < -0.3 is 5.73 Å². The predicted molar refractivity (Wildman–Crippen MR) is 70.6 cm³/mol. The topological polar surface area (TPSA) is 43.1 Å². The Hall–Kier alpha value is -1.13. The number of nitrogens with two attached hydrogens (primary N) is 1. The van der Waals surface area contributed by atoms with Gasteiger partial charge in [0.1, 0.15) is 0 Å². The molecule has 0 saturated carbocycles. The number of carbonyl (C=O) groups excluding carboxylic acids is 1. The van der Waals surface area contributed by atoms with E-state index < -0.39 is 0 Å². The molecule has 0 aromatic carbocycles. The minimum Gasteiger partial charge on any atom is -0.390 e. The van der Waals surface area contributed by atoms with Crippen molar-refractivity contribution in [3.05, 3.63) is 38.9 Å². The SMILES string of the molecule is CC(C)c1cc(C(=O)c2cccs2)c(N)s1. The van der Waals surface area contributed by atoms with Crippen LogP contribution in [0.15, 0.2) is 23.6 Å². The standard InChI is InChI=1S/C12H13NOS2/c1-7(2)10-6-8(12(13)16-10)11(14)9-4-3-5-15-9/h3-7H,13H2,1-2H3. The summed E-state index contributed by atoms with van der Waals surface area (Å²) in [5, 5.41) is 2.53. The summed E-state index contributed by atoms with van der Waals surface area (Å²) >= 11 is 2.96. The van der Waals surface area contributed by atoms with Crippen LogP contribution in [-0.2, 0) is 0 Å². The van der Waals surface area contributed by atoms with Crippen molar-refractivity contribution in [3.63, 3.8) is 0 Å². The lowest BCUT2D eigenvalue weighted by molar-refractivity contribution is 0.104. The zero-order valence-corrected chi connectivity index (χ0v) is 10.8. The summed E-state index contributed by atoms with van der Waals surface area (Å²) in [7, 11) is 0. The molecular weight excluding hydrogens is 238 g/mol. The second-order valence-corrected chi connectivity index (χ2v) is 5.95. The van der Waals surface area contributed by atoms with Crippen LogP contribution in [0.3, 0.4) is 0 Å². The first-order valence-corrected chi connectivity index (χ1v) is 6.76. The molecule has 2 nitrogen and oxygen atoms in total. The van der Waals surface area contributed by atoms with E-state index in [4.69, 9.17) is 5.73 Å². The molecule has 0 bridgehead atoms. The van der Waals surface area contributed by atoms with Gasteiger partial charge in [0, 0.05) is 4.88 Å². The fourth-order valence-corrected chi connectivity index (χ4v) is 3.03. The summed E-state index contributed by atoms with van der Waals surface area (Å²) in [6.07, 6.45) is 0. The Balaban J connectivity index is 2.37. The molecule has 2 aromatic rings. The number of anilines is 1. The molecule has 0 fully saturated rings. The molecule has 0 spiro atoms. The number of carbonyl (C=O) groups is 1. The molecule has 0 aliphatic rings. The normalized spacial score (nSPS) is 10.9. The number of rotatable bonds is 3. The quantitative estimate of drug-likeness (QED) is 0.844. The first-order chi connectivity index (χ1) is 7.59. The Morgan fingerprint density at radius 3 is 2.69 bits per heavy atom. The molecule has 16 heavy (non-hydrogen) atoms. The van der Waals surface area contributed by atoms with E-state index >= 15 is 0 Å². The van der Waals surface area contributed by atoms with Crippen LogP contribution in [0.25, 0.3) is 0 Å². The highest BCUT2D eigenvalue weighted by Gasteiger charge is 2.17. The van der Waals surface area contributed by atoms with Crippen molar-refractivity contribution < 1.29 is 4.79 Å². The van der Waals surface area contributed by atoms with Crippen LogP contribution in [0.4, 0.5) is 5.00 Å². The first kappa shape index (κ1) is 11.4. The average molecular weight is 251 g/mol. The Morgan fingerprint density at radius 1 is 1.44 bits per heavy atom. The number of thiophene rings is 2. The average Bonchev–Trinajstić information content (AvgIpc) is 2.84. The Kier molecular flexibility index (Phi) is 3.12. The maximum absolute atomic E-state index is 12.1. The van der Waals surface area contributed by atoms with Gasteiger partial charge in [-0.15, -0.1) is 22.7 Å². The van der Waals surface area contributed by atoms with Gasteiger partial charge in [0.25, 0.3) is 0 Å². The van der Waals surface area contributed by atoms with E-state index in [-0.39, 0.29) is 5.78 Å². The van der Waals surface area contributed by atoms with Crippen molar-refractivity contribution in [1.82, 2.24) is 0 Å². The largest absolute Gasteiger partial charge is 0.390 e. The Morgan fingerprint density at radius 2 is 2.19 bits per heavy atom. The molecular formula is C12H13NOS2. The van der Waals surface area contributed by atoms with Crippen LogP contribution in [-0.4, -0.2) is 5.78 Å². The van der Waals surface area contributed by atoms with Gasteiger partial charge in [0.05, 0.1) is 15.4 Å². The third kappa shape index (κ3) is 2.03. The maximum atomic E-state index is 12.1. The highest BCUT2D eigenvalue weighted by atomic mass is 32.1. The minimum atomic E-state index is 0.0376. The van der Waals surface area contributed by atoms with Crippen LogP contribution in [0.5, 0.6) is 0 Å². The van der Waals surface area contributed by atoms with Crippen molar-refractivity contribution in [2.75, 3.05) is 5.73 Å². The van der Waals surface area contributed by atoms with Gasteiger partial charge in [-0.05, 0) is 23.4 Å². The number of hydrogen-bond acceptors (Lipinski definition) is 4. The van der Waals surface area contributed by atoms with Crippen LogP contribution >= 0.6 is 22.7 Å². The second-order valence-electron chi connectivity index (χ2n) is 3.89. The van der Waals surface area contributed by atoms with Crippen LogP contribution in [0.2, 0.25) is 0 Å². The van der Waals surface area contributed by atoms with Gasteiger partial charge in [-0.1, -0.05) is 19.9 Å². The lowest BCUT2D eigenvalue weighted by Crippen LogP contribution is -1.99. The number of hydrogen-bond donors (Lipinski definition) is 1. The summed E-state index contributed by atoms with van der Waals surface area (Å²) in [6, 6.07) is 5.63. The minimum absolute atomic E-state index is 0.0376. The van der Waals surface area contributed by atoms with Crippen molar-refractivity contribution in [3.8, 4) is 0 Å². The molecule has 0 aliphatic heterocycles. The zero-order chi connectivity index (χ0) is 11.7. The van der Waals surface area contributed by atoms with E-state index in [1.807, 2.05) is 23.6 Å². The van der Waals surface area contributed by atoms with Gasteiger partial charge >= 0.3 is 0 Å². The van der Waals surface area contributed by atoms with Crippen molar-refractivity contribution in [2.45, 2.75) is 19.8 Å². The predicted octanol–water partition coefficient (Wildman–Crippen LogP) is 3.75. The monoisotopic (exact) mass is 251 g/mol. The van der Waals surface area contributed by atoms with E-state index in [0.29, 0.717) is 16.5 Å². The molecule has 84 valence electrons. The van der Waals surface area contributed by atoms with E-state index in [2.05, 4.69) is 13.8 Å². The van der Waals surface area contributed by atoms with Gasteiger partial charge in [-0.2, -0.15) is 0 Å². The molecule has 0 radical (unpaired) electrons. The second kappa shape index (κ2) is 4.39. The molecule has 2 aromatic heterocycles. The molecule has 4 heteroatoms. The summed E-state index contributed by atoms with van der Waals surface area (Å²) in [5.41, 5.74) is 6.54. The third-order valence-corrected chi connectivity index (χ3v) is 4.47. The lowest BCUT2D eigenvalue weighted by Gasteiger charge is -1.97. The van der Waals surface area contributed by atoms with Crippen molar-refractivity contribution >= 4 is 33.5 Å². The third-order valence-electron chi connectivity index (χ3n) is 2.34. The maximum Gasteiger partial charge on any atom is 0.205 e. The van der Waals surface area contributed by atoms with Gasteiger partial charge in [0.15, 0.2) is 0 Å². The van der Waals surface area contributed by atoms with Crippen LogP contribution in [0, 0.1) is 0 Å². The molecule has 0 atom stereocenters. The highest BCUT2D eigenvalue weighted by Crippen LogP contribution is 2.32. The molecule has 0 amide bonds. The van der Waals surface area contributed by atoms with Crippen LogP contribution in [0.1, 0.15) is 39.9 Å². The highest BCUT2D eigenvalue weighted by molar-refractivity contribution is 7.16. The molecule has 0 aliphatic carbocycles. The fourth-order valence-electron chi connectivity index (χ4n) is 1.43. The van der Waals surface area contributed by atoms with E-state index in [9.17, 15) is 4.79 Å².